The van der Waals surface area contributed by atoms with Crippen molar-refractivity contribution in [2.24, 2.45) is 0 Å². The Kier molecular flexibility index (Phi) is 3.35. The van der Waals surface area contributed by atoms with Gasteiger partial charge in [0.25, 0.3) is 0 Å². The summed E-state index contributed by atoms with van der Waals surface area (Å²) in [6.07, 6.45) is 2.88. The molecule has 0 amide bonds. The predicted octanol–water partition coefficient (Wildman–Crippen LogP) is 3.11. The first-order valence-corrected chi connectivity index (χ1v) is 5.92. The summed E-state index contributed by atoms with van der Waals surface area (Å²) in [5.74, 6) is 0.994. The fourth-order valence-corrected chi connectivity index (χ4v) is 2.14. The lowest BCUT2D eigenvalue weighted by Crippen LogP contribution is -2.06. The summed E-state index contributed by atoms with van der Waals surface area (Å²) in [7, 11) is 0. The molecule has 0 aliphatic rings. The van der Waals surface area contributed by atoms with Crippen LogP contribution in [0.1, 0.15) is 10.4 Å². The molecule has 2 aromatic rings. The van der Waals surface area contributed by atoms with Crippen LogP contribution in [0.5, 0.6) is 0 Å². The molecule has 0 aliphatic heterocycles. The molecular formula is C12H14N2S. The van der Waals surface area contributed by atoms with Crippen molar-refractivity contribution in [3.8, 4) is 0 Å². The second-order valence-electron chi connectivity index (χ2n) is 3.43. The molecule has 2 nitrogen and oxygen atoms in total. The summed E-state index contributed by atoms with van der Waals surface area (Å²) in [6, 6.07) is 8.28. The Labute approximate surface area is 94.0 Å². The van der Waals surface area contributed by atoms with E-state index in [0.717, 1.165) is 18.8 Å². The molecule has 2 aromatic heterocycles. The van der Waals surface area contributed by atoms with Gasteiger partial charge in [0.1, 0.15) is 5.82 Å². The lowest BCUT2D eigenvalue weighted by Gasteiger charge is -2.06. The minimum atomic E-state index is 0.943. The van der Waals surface area contributed by atoms with Crippen LogP contribution in [0.15, 0.2) is 35.8 Å². The van der Waals surface area contributed by atoms with Crippen molar-refractivity contribution in [2.75, 3.05) is 11.9 Å². The van der Waals surface area contributed by atoms with Gasteiger partial charge < -0.3 is 5.32 Å². The molecule has 0 unspecified atom stereocenters. The van der Waals surface area contributed by atoms with Crippen LogP contribution in [0, 0.1) is 6.92 Å². The summed E-state index contributed by atoms with van der Waals surface area (Å²) < 4.78 is 0. The number of hydrogen-bond acceptors (Lipinski definition) is 3. The molecule has 0 aliphatic carbocycles. The van der Waals surface area contributed by atoms with Gasteiger partial charge >= 0.3 is 0 Å². The van der Waals surface area contributed by atoms with Gasteiger partial charge in [0.05, 0.1) is 0 Å². The SMILES string of the molecule is Cc1cccnc1NCCc1cccs1. The van der Waals surface area contributed by atoms with E-state index < -0.39 is 0 Å². The van der Waals surface area contributed by atoms with Gasteiger partial charge in [-0.25, -0.2) is 4.98 Å². The van der Waals surface area contributed by atoms with E-state index in [0.29, 0.717) is 0 Å². The largest absolute Gasteiger partial charge is 0.369 e. The van der Waals surface area contributed by atoms with E-state index in [-0.39, 0.29) is 0 Å². The average Bonchev–Trinajstić information content (AvgIpc) is 2.74. The highest BCUT2D eigenvalue weighted by Crippen LogP contribution is 2.11. The van der Waals surface area contributed by atoms with E-state index in [2.05, 4.69) is 40.8 Å². The fourth-order valence-electron chi connectivity index (χ4n) is 1.43. The lowest BCUT2D eigenvalue weighted by molar-refractivity contribution is 1.02. The highest BCUT2D eigenvalue weighted by molar-refractivity contribution is 7.09. The van der Waals surface area contributed by atoms with Crippen molar-refractivity contribution >= 4 is 17.2 Å². The monoisotopic (exact) mass is 218 g/mol. The maximum absolute atomic E-state index is 4.29. The van der Waals surface area contributed by atoms with Crippen molar-refractivity contribution in [3.63, 3.8) is 0 Å². The van der Waals surface area contributed by atoms with Crippen LogP contribution in [-0.4, -0.2) is 11.5 Å². The number of nitrogens with one attached hydrogen (secondary N) is 1. The van der Waals surface area contributed by atoms with Crippen LogP contribution in [0.2, 0.25) is 0 Å². The lowest BCUT2D eigenvalue weighted by atomic mass is 10.3. The average molecular weight is 218 g/mol. The van der Waals surface area contributed by atoms with E-state index in [9.17, 15) is 0 Å². The molecule has 1 N–H and O–H groups in total. The summed E-state index contributed by atoms with van der Waals surface area (Å²) in [6.45, 7) is 3.01. The van der Waals surface area contributed by atoms with Crippen molar-refractivity contribution in [2.45, 2.75) is 13.3 Å². The Bertz CT molecular complexity index is 409. The predicted molar refractivity (Wildman–Crippen MR) is 65.5 cm³/mol. The summed E-state index contributed by atoms with van der Waals surface area (Å²) >= 11 is 1.80. The summed E-state index contributed by atoms with van der Waals surface area (Å²) in [4.78, 5) is 5.70. The molecule has 2 heterocycles. The maximum Gasteiger partial charge on any atom is 0.128 e. The number of thiophene rings is 1. The van der Waals surface area contributed by atoms with Gasteiger partial charge in [-0.05, 0) is 36.4 Å². The molecule has 0 atom stereocenters. The minimum absolute atomic E-state index is 0.943. The van der Waals surface area contributed by atoms with Crippen LogP contribution >= 0.6 is 11.3 Å². The standard InChI is InChI=1S/C12H14N2S/c1-10-4-2-7-13-12(10)14-8-6-11-5-3-9-15-11/h2-5,7,9H,6,8H2,1H3,(H,13,14). The Morgan fingerprint density at radius 2 is 2.27 bits per heavy atom. The van der Waals surface area contributed by atoms with Crippen molar-refractivity contribution in [1.82, 2.24) is 4.98 Å². The Balaban J connectivity index is 1.86. The Morgan fingerprint density at radius 3 is 3.00 bits per heavy atom. The number of hydrogen-bond donors (Lipinski definition) is 1. The molecular weight excluding hydrogens is 204 g/mol. The normalized spacial score (nSPS) is 10.2. The Hall–Kier alpha value is -1.35. The molecule has 0 fully saturated rings. The van der Waals surface area contributed by atoms with Gasteiger partial charge in [-0.15, -0.1) is 11.3 Å². The molecule has 2 rings (SSSR count). The highest BCUT2D eigenvalue weighted by Gasteiger charge is 1.97. The summed E-state index contributed by atoms with van der Waals surface area (Å²) in [5, 5.41) is 5.46. The fraction of sp³-hybridized carbons (Fsp3) is 0.250. The second kappa shape index (κ2) is 4.94. The molecule has 15 heavy (non-hydrogen) atoms. The maximum atomic E-state index is 4.29. The van der Waals surface area contributed by atoms with Crippen LogP contribution in [-0.2, 0) is 6.42 Å². The molecule has 0 spiro atoms. The van der Waals surface area contributed by atoms with Crippen LogP contribution in [0.25, 0.3) is 0 Å². The van der Waals surface area contributed by atoms with Crippen molar-refractivity contribution < 1.29 is 0 Å². The molecule has 0 bridgehead atoms. The zero-order valence-electron chi connectivity index (χ0n) is 8.73. The Morgan fingerprint density at radius 1 is 1.33 bits per heavy atom. The zero-order valence-corrected chi connectivity index (χ0v) is 9.55. The second-order valence-corrected chi connectivity index (χ2v) is 4.46. The first kappa shape index (κ1) is 10.2. The highest BCUT2D eigenvalue weighted by atomic mass is 32.1. The number of nitrogens with zero attached hydrogens (tertiary/aromatic N) is 1. The number of pyridine rings is 1. The van der Waals surface area contributed by atoms with Crippen LogP contribution in [0.3, 0.4) is 0 Å². The zero-order chi connectivity index (χ0) is 10.5. The topological polar surface area (TPSA) is 24.9 Å². The quantitative estimate of drug-likeness (QED) is 0.853. The van der Waals surface area contributed by atoms with Crippen molar-refractivity contribution in [3.05, 3.63) is 46.3 Å². The van der Waals surface area contributed by atoms with Gasteiger partial charge in [-0.3, -0.25) is 0 Å². The third kappa shape index (κ3) is 2.80. The summed E-state index contributed by atoms with van der Waals surface area (Å²) in [5.41, 5.74) is 1.20. The first-order chi connectivity index (χ1) is 7.36. The molecule has 3 heteroatoms. The van der Waals surface area contributed by atoms with Crippen LogP contribution in [0.4, 0.5) is 5.82 Å². The van der Waals surface area contributed by atoms with Gasteiger partial charge in [0, 0.05) is 17.6 Å². The van der Waals surface area contributed by atoms with Gasteiger partial charge in [-0.1, -0.05) is 12.1 Å². The van der Waals surface area contributed by atoms with E-state index in [1.807, 2.05) is 12.3 Å². The number of rotatable bonds is 4. The molecule has 0 saturated carbocycles. The van der Waals surface area contributed by atoms with Crippen LogP contribution < -0.4 is 5.32 Å². The van der Waals surface area contributed by atoms with Crippen molar-refractivity contribution in [1.29, 1.82) is 0 Å². The van der Waals surface area contributed by atoms with E-state index >= 15 is 0 Å². The number of aryl methyl sites for hydroxylation is 1. The molecule has 78 valence electrons. The van der Waals surface area contributed by atoms with E-state index in [4.69, 9.17) is 0 Å². The minimum Gasteiger partial charge on any atom is -0.369 e. The van der Waals surface area contributed by atoms with Gasteiger partial charge in [0.15, 0.2) is 0 Å². The third-order valence-electron chi connectivity index (χ3n) is 2.25. The van der Waals surface area contributed by atoms with Gasteiger partial charge in [-0.2, -0.15) is 0 Å². The molecule has 0 aromatic carbocycles. The molecule has 0 radical (unpaired) electrons. The third-order valence-corrected chi connectivity index (χ3v) is 3.19. The first-order valence-electron chi connectivity index (χ1n) is 5.04. The number of aromatic nitrogens is 1. The van der Waals surface area contributed by atoms with Gasteiger partial charge in [0.2, 0.25) is 0 Å². The van der Waals surface area contributed by atoms with E-state index in [1.165, 1.54) is 10.4 Å². The van der Waals surface area contributed by atoms with E-state index in [1.54, 1.807) is 11.3 Å². The smallest absolute Gasteiger partial charge is 0.128 e. The molecule has 0 saturated heterocycles. The number of anilines is 1.